The first-order valence-corrected chi connectivity index (χ1v) is 13.0. The molecule has 0 unspecified atom stereocenters. The quantitative estimate of drug-likeness (QED) is 0.516. The number of hydrogen-bond donors (Lipinski definition) is 1. The summed E-state index contributed by atoms with van der Waals surface area (Å²) in [5.74, 6) is 0.927. The lowest BCUT2D eigenvalue weighted by Crippen LogP contribution is -2.37. The second-order valence-corrected chi connectivity index (χ2v) is 10.2. The molecule has 1 fully saturated rings. The third kappa shape index (κ3) is 5.55. The fraction of sp³-hybridized carbons (Fsp3) is 0.458. The van der Waals surface area contributed by atoms with Crippen LogP contribution in [0, 0.1) is 0 Å². The van der Waals surface area contributed by atoms with E-state index in [-0.39, 0.29) is 4.90 Å². The molecule has 1 saturated heterocycles. The molecule has 1 aromatic heterocycles. The lowest BCUT2D eigenvalue weighted by atomic mass is 10.1. The molecule has 2 N–H and O–H groups in total. The third-order valence-electron chi connectivity index (χ3n) is 6.06. The van der Waals surface area contributed by atoms with E-state index < -0.39 is 10.0 Å². The number of imidazole rings is 1. The highest BCUT2D eigenvalue weighted by atomic mass is 32.2. The molecule has 4 rings (SSSR count). The zero-order valence-electron chi connectivity index (χ0n) is 19.4. The van der Waals surface area contributed by atoms with Crippen LogP contribution in [-0.2, 0) is 34.4 Å². The maximum atomic E-state index is 11.8. The van der Waals surface area contributed by atoms with Crippen LogP contribution in [0.3, 0.4) is 0 Å². The molecule has 2 aromatic carbocycles. The van der Waals surface area contributed by atoms with Gasteiger partial charge in [0.25, 0.3) is 0 Å². The van der Waals surface area contributed by atoms with E-state index in [0.29, 0.717) is 12.1 Å². The van der Waals surface area contributed by atoms with E-state index in [1.54, 1.807) is 12.1 Å². The Hall–Kier alpha value is -2.46. The average Bonchev–Trinajstić information content (AvgIpc) is 3.14. The van der Waals surface area contributed by atoms with Crippen molar-refractivity contribution in [3.05, 3.63) is 53.9 Å². The smallest absolute Gasteiger partial charge is 0.238 e. The van der Waals surface area contributed by atoms with Gasteiger partial charge < -0.3 is 14.2 Å². The van der Waals surface area contributed by atoms with Crippen molar-refractivity contribution >= 4 is 26.7 Å². The Morgan fingerprint density at radius 3 is 2.61 bits per heavy atom. The van der Waals surface area contributed by atoms with Crippen LogP contribution in [0.5, 0.6) is 0 Å². The van der Waals surface area contributed by atoms with Crippen molar-refractivity contribution in [3.8, 4) is 0 Å². The van der Waals surface area contributed by atoms with E-state index in [0.717, 1.165) is 63.6 Å². The molecule has 0 aliphatic carbocycles. The number of ether oxygens (including phenoxy) is 1. The van der Waals surface area contributed by atoms with Crippen LogP contribution < -0.4 is 10.0 Å². The number of sulfonamides is 1. The Labute approximate surface area is 196 Å². The van der Waals surface area contributed by atoms with Crippen molar-refractivity contribution in [1.29, 1.82) is 0 Å². The fourth-order valence-electron chi connectivity index (χ4n) is 4.37. The molecule has 0 spiro atoms. The minimum atomic E-state index is -3.77. The highest BCUT2D eigenvalue weighted by molar-refractivity contribution is 7.89. The largest absolute Gasteiger partial charge is 0.378 e. The monoisotopic (exact) mass is 471 g/mol. The Morgan fingerprint density at radius 1 is 1.12 bits per heavy atom. The van der Waals surface area contributed by atoms with Gasteiger partial charge in [-0.05, 0) is 43.3 Å². The molecule has 0 atom stereocenters. The predicted octanol–water partition coefficient (Wildman–Crippen LogP) is 2.95. The highest BCUT2D eigenvalue weighted by Crippen LogP contribution is 2.25. The summed E-state index contributed by atoms with van der Waals surface area (Å²) in [6.45, 7) is 7.76. The molecule has 2 heterocycles. The van der Waals surface area contributed by atoms with Gasteiger partial charge in [-0.3, -0.25) is 4.90 Å². The van der Waals surface area contributed by atoms with Gasteiger partial charge in [-0.15, -0.1) is 0 Å². The van der Waals surface area contributed by atoms with Crippen LogP contribution in [0.2, 0.25) is 0 Å². The number of benzene rings is 2. The van der Waals surface area contributed by atoms with E-state index >= 15 is 0 Å². The van der Waals surface area contributed by atoms with Crippen LogP contribution in [-0.4, -0.2) is 56.2 Å². The van der Waals surface area contributed by atoms with Crippen LogP contribution in [0.4, 0.5) is 5.69 Å². The van der Waals surface area contributed by atoms with E-state index in [1.165, 1.54) is 11.3 Å². The lowest BCUT2D eigenvalue weighted by molar-refractivity contribution is 0.122. The number of hydrogen-bond acceptors (Lipinski definition) is 6. The summed E-state index contributed by atoms with van der Waals surface area (Å²) < 4.78 is 31.3. The van der Waals surface area contributed by atoms with Crippen molar-refractivity contribution in [2.24, 2.45) is 5.14 Å². The Bertz CT molecular complexity index is 1200. The summed E-state index contributed by atoms with van der Waals surface area (Å²) in [5, 5.41) is 5.33. The van der Waals surface area contributed by atoms with E-state index in [4.69, 9.17) is 14.9 Å². The van der Waals surface area contributed by atoms with Gasteiger partial charge in [0.1, 0.15) is 5.82 Å². The van der Waals surface area contributed by atoms with Crippen LogP contribution in [0.1, 0.15) is 31.2 Å². The molecule has 0 radical (unpaired) electrons. The number of para-hydroxylation sites is 1. The zero-order valence-corrected chi connectivity index (χ0v) is 20.2. The van der Waals surface area contributed by atoms with Crippen molar-refractivity contribution in [2.75, 3.05) is 38.3 Å². The first kappa shape index (κ1) is 23.7. The molecule has 0 bridgehead atoms. The summed E-state index contributed by atoms with van der Waals surface area (Å²) in [6.07, 6.45) is 2.09. The maximum absolute atomic E-state index is 11.8. The van der Waals surface area contributed by atoms with Gasteiger partial charge in [-0.2, -0.15) is 0 Å². The molecular formula is C24H33N5O3S. The van der Waals surface area contributed by atoms with Gasteiger partial charge in [-0.25, -0.2) is 18.5 Å². The number of rotatable bonds is 9. The second kappa shape index (κ2) is 10.2. The zero-order chi connectivity index (χ0) is 23.4. The minimum absolute atomic E-state index is 0.0921. The normalized spacial score (nSPS) is 15.0. The summed E-state index contributed by atoms with van der Waals surface area (Å²) in [4.78, 5) is 9.54. The first-order valence-electron chi connectivity index (χ1n) is 11.5. The number of aromatic nitrogens is 2. The number of aryl methyl sites for hydroxylation is 1. The van der Waals surface area contributed by atoms with Crippen molar-refractivity contribution in [3.63, 3.8) is 0 Å². The molecule has 8 nitrogen and oxygen atoms in total. The lowest BCUT2D eigenvalue weighted by Gasteiger charge is -2.31. The minimum Gasteiger partial charge on any atom is -0.378 e. The summed E-state index contributed by atoms with van der Waals surface area (Å²) in [6, 6.07) is 13.5. The number of nitrogens with two attached hydrogens (primary N) is 1. The summed E-state index contributed by atoms with van der Waals surface area (Å²) >= 11 is 0. The second-order valence-electron chi connectivity index (χ2n) is 8.63. The van der Waals surface area contributed by atoms with E-state index in [2.05, 4.69) is 52.6 Å². The number of nitrogens with zero attached hydrogens (tertiary/aromatic N) is 4. The molecule has 178 valence electrons. The van der Waals surface area contributed by atoms with Gasteiger partial charge in [0, 0.05) is 31.9 Å². The molecular weight excluding hydrogens is 438 g/mol. The predicted molar refractivity (Wildman–Crippen MR) is 131 cm³/mol. The van der Waals surface area contributed by atoms with Gasteiger partial charge in [0.2, 0.25) is 10.0 Å². The average molecular weight is 472 g/mol. The first-order chi connectivity index (χ1) is 15.9. The molecule has 1 aliphatic rings. The van der Waals surface area contributed by atoms with Gasteiger partial charge in [0.05, 0.1) is 35.7 Å². The molecule has 33 heavy (non-hydrogen) atoms. The fourth-order valence-corrected chi connectivity index (χ4v) is 4.90. The van der Waals surface area contributed by atoms with Crippen molar-refractivity contribution in [1.82, 2.24) is 14.5 Å². The Balaban J connectivity index is 1.59. The van der Waals surface area contributed by atoms with Gasteiger partial charge in [-0.1, -0.05) is 31.5 Å². The topological polar surface area (TPSA) is 93.7 Å². The van der Waals surface area contributed by atoms with Gasteiger partial charge >= 0.3 is 0 Å². The summed E-state index contributed by atoms with van der Waals surface area (Å²) in [7, 11) is -1.67. The number of primary sulfonamides is 1. The third-order valence-corrected chi connectivity index (χ3v) is 6.97. The molecule has 0 saturated carbocycles. The Morgan fingerprint density at radius 2 is 1.88 bits per heavy atom. The number of fused-ring (bicyclic) bond motifs is 1. The van der Waals surface area contributed by atoms with Crippen LogP contribution in [0.25, 0.3) is 11.0 Å². The summed E-state index contributed by atoms with van der Waals surface area (Å²) in [5.41, 5.74) is 4.13. The number of unbranched alkanes of at least 4 members (excludes halogenated alkanes) is 1. The van der Waals surface area contributed by atoms with E-state index in [1.807, 2.05) is 6.07 Å². The van der Waals surface area contributed by atoms with Crippen LogP contribution >= 0.6 is 0 Å². The molecule has 3 aromatic rings. The van der Waals surface area contributed by atoms with Crippen LogP contribution in [0.15, 0.2) is 47.4 Å². The standard InChI is InChI=1S/C24H33N5O3S/c1-3-4-11-29-23-10-9-20(33(25,30)31)16-21(23)26-24(29)18-27(2)17-19-7-5-6-8-22(19)28-12-14-32-15-13-28/h5-10,16H,3-4,11-15,17-18H2,1-2H3,(H2,25,30,31). The van der Waals surface area contributed by atoms with Crippen molar-refractivity contribution in [2.45, 2.75) is 44.3 Å². The van der Waals surface area contributed by atoms with Gasteiger partial charge in [0.15, 0.2) is 0 Å². The molecule has 0 amide bonds. The highest BCUT2D eigenvalue weighted by Gasteiger charge is 2.18. The number of anilines is 1. The van der Waals surface area contributed by atoms with E-state index in [9.17, 15) is 8.42 Å². The maximum Gasteiger partial charge on any atom is 0.238 e. The molecule has 1 aliphatic heterocycles. The Kier molecular flexibility index (Phi) is 7.33. The van der Waals surface area contributed by atoms with Crippen molar-refractivity contribution < 1.29 is 13.2 Å². The molecule has 9 heteroatoms. The SMILES string of the molecule is CCCCn1c(CN(C)Cc2ccccc2N2CCOCC2)nc2cc(S(N)(=O)=O)ccc21. The number of morpholine rings is 1.